The van der Waals surface area contributed by atoms with Crippen LogP contribution in [0.15, 0.2) is 4.99 Å². The van der Waals surface area contributed by atoms with Gasteiger partial charge in [-0.05, 0) is 44.1 Å². The van der Waals surface area contributed by atoms with E-state index in [0.29, 0.717) is 0 Å². The molecule has 0 aromatic heterocycles. The van der Waals surface area contributed by atoms with Crippen LogP contribution in [0, 0.1) is 11.8 Å². The van der Waals surface area contributed by atoms with Crippen LogP contribution in [-0.2, 0) is 4.79 Å². The first-order valence-corrected chi connectivity index (χ1v) is 6.58. The number of nitrogens with zero attached hydrogens (tertiary/aromatic N) is 1. The molecule has 1 fully saturated rings. The minimum Gasteiger partial charge on any atom is -0.330 e. The minimum absolute atomic E-state index is 0.239. The quantitative estimate of drug-likeness (QED) is 0.557. The number of hydrogen-bond acceptors (Lipinski definition) is 3. The number of rotatable bonds is 6. The highest BCUT2D eigenvalue weighted by Crippen LogP contribution is 2.35. The van der Waals surface area contributed by atoms with Gasteiger partial charge in [-0.3, -0.25) is 0 Å². The number of nitrogens with two attached hydrogens (primary N) is 1. The minimum atomic E-state index is 0.239. The second-order valence-electron chi connectivity index (χ2n) is 4.90. The predicted octanol–water partition coefficient (Wildman–Crippen LogP) is 2.65. The molecule has 0 bridgehead atoms. The van der Waals surface area contributed by atoms with Gasteiger partial charge in [0.2, 0.25) is 6.08 Å². The maximum atomic E-state index is 10.3. The first-order chi connectivity index (χ1) is 7.81. The molecule has 92 valence electrons. The predicted molar refractivity (Wildman–Crippen MR) is 65.9 cm³/mol. The molecule has 0 heterocycles. The van der Waals surface area contributed by atoms with Crippen LogP contribution in [0.25, 0.3) is 0 Å². The van der Waals surface area contributed by atoms with Gasteiger partial charge < -0.3 is 5.73 Å². The van der Waals surface area contributed by atoms with E-state index in [9.17, 15) is 4.79 Å². The zero-order chi connectivity index (χ0) is 11.8. The molecule has 0 amide bonds. The summed E-state index contributed by atoms with van der Waals surface area (Å²) in [5.74, 6) is 1.51. The zero-order valence-corrected chi connectivity index (χ0v) is 10.3. The second kappa shape index (κ2) is 7.59. The lowest BCUT2D eigenvalue weighted by atomic mass is 9.75. The summed E-state index contributed by atoms with van der Waals surface area (Å²) in [7, 11) is 0. The molecule has 1 rings (SSSR count). The van der Waals surface area contributed by atoms with Gasteiger partial charge in [-0.25, -0.2) is 9.79 Å². The molecule has 3 heteroatoms. The van der Waals surface area contributed by atoms with Crippen LogP contribution >= 0.6 is 0 Å². The third kappa shape index (κ3) is 4.07. The fraction of sp³-hybridized carbons (Fsp3) is 0.923. The van der Waals surface area contributed by atoms with Gasteiger partial charge in [0.05, 0.1) is 6.04 Å². The smallest absolute Gasteiger partial charge is 0.235 e. The molecule has 0 aliphatic heterocycles. The molecule has 3 nitrogen and oxygen atoms in total. The van der Waals surface area contributed by atoms with Gasteiger partial charge in [-0.15, -0.1) is 0 Å². The Kier molecular flexibility index (Phi) is 6.36. The van der Waals surface area contributed by atoms with Crippen molar-refractivity contribution in [1.29, 1.82) is 0 Å². The normalized spacial score (nSPS) is 27.1. The molecule has 0 saturated heterocycles. The van der Waals surface area contributed by atoms with Crippen molar-refractivity contribution in [1.82, 2.24) is 0 Å². The van der Waals surface area contributed by atoms with Crippen LogP contribution in [0.3, 0.4) is 0 Å². The monoisotopic (exact) mass is 224 g/mol. The van der Waals surface area contributed by atoms with E-state index in [2.05, 4.69) is 11.9 Å². The summed E-state index contributed by atoms with van der Waals surface area (Å²) in [5.41, 5.74) is 5.57. The van der Waals surface area contributed by atoms with Crippen molar-refractivity contribution in [2.75, 3.05) is 6.54 Å². The SMILES string of the molecule is CCC(CCCN)C1CCCC(N=C=O)C1. The molecule has 1 aliphatic rings. The topological polar surface area (TPSA) is 55.4 Å². The van der Waals surface area contributed by atoms with Crippen molar-refractivity contribution in [3.05, 3.63) is 0 Å². The summed E-state index contributed by atoms with van der Waals surface area (Å²) in [6, 6.07) is 0.239. The lowest BCUT2D eigenvalue weighted by Gasteiger charge is -2.32. The van der Waals surface area contributed by atoms with Crippen LogP contribution in [-0.4, -0.2) is 18.7 Å². The average Bonchev–Trinajstić information content (AvgIpc) is 2.31. The molecule has 0 spiro atoms. The average molecular weight is 224 g/mol. The van der Waals surface area contributed by atoms with Gasteiger partial charge in [0, 0.05) is 0 Å². The van der Waals surface area contributed by atoms with E-state index in [1.54, 1.807) is 6.08 Å². The van der Waals surface area contributed by atoms with E-state index in [4.69, 9.17) is 5.73 Å². The van der Waals surface area contributed by atoms with Crippen molar-refractivity contribution in [3.8, 4) is 0 Å². The molecule has 3 atom stereocenters. The Bertz CT molecular complexity index is 236. The van der Waals surface area contributed by atoms with Gasteiger partial charge in [-0.2, -0.15) is 0 Å². The first kappa shape index (κ1) is 13.4. The van der Waals surface area contributed by atoms with E-state index in [1.165, 1.54) is 25.7 Å². The zero-order valence-electron chi connectivity index (χ0n) is 10.3. The van der Waals surface area contributed by atoms with Gasteiger partial charge >= 0.3 is 0 Å². The first-order valence-electron chi connectivity index (χ1n) is 6.58. The molecule has 0 aromatic carbocycles. The Morgan fingerprint density at radius 3 is 2.94 bits per heavy atom. The highest BCUT2D eigenvalue weighted by molar-refractivity contribution is 5.33. The van der Waals surface area contributed by atoms with E-state index >= 15 is 0 Å². The maximum Gasteiger partial charge on any atom is 0.235 e. The van der Waals surface area contributed by atoms with E-state index in [-0.39, 0.29) is 6.04 Å². The Labute approximate surface area is 98.5 Å². The van der Waals surface area contributed by atoms with Crippen LogP contribution in [0.1, 0.15) is 51.9 Å². The number of aliphatic imine (C=N–C) groups is 1. The highest BCUT2D eigenvalue weighted by atomic mass is 16.1. The molecule has 1 saturated carbocycles. The van der Waals surface area contributed by atoms with Crippen molar-refractivity contribution in [3.63, 3.8) is 0 Å². The molecular formula is C13H24N2O. The number of hydrogen-bond donors (Lipinski definition) is 1. The number of isocyanates is 1. The summed E-state index contributed by atoms with van der Waals surface area (Å²) < 4.78 is 0. The van der Waals surface area contributed by atoms with Crippen molar-refractivity contribution < 1.29 is 4.79 Å². The fourth-order valence-electron chi connectivity index (χ4n) is 2.97. The third-order valence-electron chi connectivity index (χ3n) is 3.89. The molecular weight excluding hydrogens is 200 g/mol. The Hall–Kier alpha value is -0.660. The highest BCUT2D eigenvalue weighted by Gasteiger charge is 2.26. The van der Waals surface area contributed by atoms with Gasteiger partial charge in [0.25, 0.3) is 0 Å². The lowest BCUT2D eigenvalue weighted by molar-refractivity contribution is 0.212. The van der Waals surface area contributed by atoms with Crippen molar-refractivity contribution >= 4 is 6.08 Å². The van der Waals surface area contributed by atoms with E-state index in [0.717, 1.165) is 37.6 Å². The van der Waals surface area contributed by atoms with Crippen LogP contribution in [0.4, 0.5) is 0 Å². The Morgan fingerprint density at radius 1 is 1.50 bits per heavy atom. The molecule has 0 radical (unpaired) electrons. The molecule has 16 heavy (non-hydrogen) atoms. The third-order valence-corrected chi connectivity index (χ3v) is 3.89. The van der Waals surface area contributed by atoms with Crippen molar-refractivity contribution in [2.45, 2.75) is 57.9 Å². The summed E-state index contributed by atoms with van der Waals surface area (Å²) >= 11 is 0. The molecule has 3 unspecified atom stereocenters. The van der Waals surface area contributed by atoms with Crippen molar-refractivity contribution in [2.24, 2.45) is 22.6 Å². The molecule has 2 N–H and O–H groups in total. The number of carbonyl (C=O) groups excluding carboxylic acids is 1. The lowest BCUT2D eigenvalue weighted by Crippen LogP contribution is -2.25. The van der Waals surface area contributed by atoms with Crippen LogP contribution in [0.5, 0.6) is 0 Å². The molecule has 0 aromatic rings. The van der Waals surface area contributed by atoms with E-state index < -0.39 is 0 Å². The van der Waals surface area contributed by atoms with Gasteiger partial charge in [0.1, 0.15) is 0 Å². The second-order valence-corrected chi connectivity index (χ2v) is 4.90. The molecule has 1 aliphatic carbocycles. The van der Waals surface area contributed by atoms with Gasteiger partial charge in [-0.1, -0.05) is 26.2 Å². The summed E-state index contributed by atoms with van der Waals surface area (Å²) in [5, 5.41) is 0. The fourth-order valence-corrected chi connectivity index (χ4v) is 2.97. The van der Waals surface area contributed by atoms with Crippen LogP contribution in [0.2, 0.25) is 0 Å². The maximum absolute atomic E-state index is 10.3. The van der Waals surface area contributed by atoms with E-state index in [1.807, 2.05) is 0 Å². The summed E-state index contributed by atoms with van der Waals surface area (Å²) in [6.07, 6.45) is 9.95. The van der Waals surface area contributed by atoms with Crippen LogP contribution < -0.4 is 5.73 Å². The Morgan fingerprint density at radius 2 is 2.31 bits per heavy atom. The standard InChI is InChI=1S/C13H24N2O/c1-2-11(6-4-8-14)12-5-3-7-13(9-12)15-10-16/h11-13H,2-9,14H2,1H3. The summed E-state index contributed by atoms with van der Waals surface area (Å²) in [4.78, 5) is 14.2. The Balaban J connectivity index is 2.46. The van der Waals surface area contributed by atoms with Gasteiger partial charge in [0.15, 0.2) is 0 Å². The summed E-state index contributed by atoms with van der Waals surface area (Å²) in [6.45, 7) is 3.05. The largest absolute Gasteiger partial charge is 0.330 e.